The summed E-state index contributed by atoms with van der Waals surface area (Å²) in [5.41, 5.74) is 2.05. The van der Waals surface area contributed by atoms with E-state index in [4.69, 9.17) is 0 Å². The Kier molecular flexibility index (Phi) is 6.00. The largest absolute Gasteiger partial charge is 0.322 e. The van der Waals surface area contributed by atoms with Crippen molar-refractivity contribution in [3.8, 4) is 0 Å². The van der Waals surface area contributed by atoms with Crippen molar-refractivity contribution in [2.75, 3.05) is 11.9 Å². The molecule has 0 saturated heterocycles. The van der Waals surface area contributed by atoms with Crippen molar-refractivity contribution < 1.29 is 13.2 Å². The van der Waals surface area contributed by atoms with E-state index in [1.807, 2.05) is 24.3 Å². The van der Waals surface area contributed by atoms with Gasteiger partial charge in [0.05, 0.1) is 4.90 Å². The number of hydrogen-bond acceptors (Lipinski definition) is 3. The topological polar surface area (TPSA) is 75.3 Å². The van der Waals surface area contributed by atoms with E-state index in [-0.39, 0.29) is 22.8 Å². The zero-order valence-corrected chi connectivity index (χ0v) is 16.1. The zero-order chi connectivity index (χ0) is 19.4. The van der Waals surface area contributed by atoms with Gasteiger partial charge in [-0.1, -0.05) is 45.0 Å². The molecule has 0 heterocycles. The molecule has 2 rings (SSSR count). The first-order valence-electron chi connectivity index (χ1n) is 8.26. The lowest BCUT2D eigenvalue weighted by molar-refractivity contribution is 0.102. The lowest BCUT2D eigenvalue weighted by atomic mass is 9.86. The third-order valence-corrected chi connectivity index (χ3v) is 5.27. The number of carbonyl (C=O) groups excluding carboxylic acids is 1. The third-order valence-electron chi connectivity index (χ3n) is 3.83. The maximum absolute atomic E-state index is 12.5. The van der Waals surface area contributed by atoms with Gasteiger partial charge in [-0.3, -0.25) is 4.79 Å². The highest BCUT2D eigenvalue weighted by atomic mass is 32.2. The van der Waals surface area contributed by atoms with Crippen LogP contribution in [0.2, 0.25) is 0 Å². The van der Waals surface area contributed by atoms with Crippen LogP contribution >= 0.6 is 0 Å². The smallest absolute Gasteiger partial charge is 0.255 e. The molecule has 2 aromatic rings. The number of amides is 1. The summed E-state index contributed by atoms with van der Waals surface area (Å²) in [4.78, 5) is 12.6. The predicted molar refractivity (Wildman–Crippen MR) is 105 cm³/mol. The van der Waals surface area contributed by atoms with Crippen molar-refractivity contribution >= 4 is 21.6 Å². The maximum atomic E-state index is 12.5. The maximum Gasteiger partial charge on any atom is 0.255 e. The van der Waals surface area contributed by atoms with Crippen LogP contribution in [0.25, 0.3) is 0 Å². The van der Waals surface area contributed by atoms with E-state index in [0.29, 0.717) is 5.56 Å². The molecule has 2 aromatic carbocycles. The molecule has 0 fully saturated rings. The summed E-state index contributed by atoms with van der Waals surface area (Å²) in [6.07, 6.45) is 1.46. The predicted octanol–water partition coefficient (Wildman–Crippen LogP) is 3.70. The van der Waals surface area contributed by atoms with Gasteiger partial charge in [-0.05, 0) is 41.3 Å². The van der Waals surface area contributed by atoms with E-state index in [2.05, 4.69) is 37.4 Å². The van der Waals surface area contributed by atoms with Gasteiger partial charge in [-0.2, -0.15) is 0 Å². The number of rotatable bonds is 6. The lowest BCUT2D eigenvalue weighted by Crippen LogP contribution is -2.23. The third kappa shape index (κ3) is 4.80. The first-order valence-corrected chi connectivity index (χ1v) is 9.75. The first-order chi connectivity index (χ1) is 12.1. The fourth-order valence-corrected chi connectivity index (χ4v) is 3.48. The van der Waals surface area contributed by atoms with Gasteiger partial charge < -0.3 is 5.32 Å². The second-order valence-corrected chi connectivity index (χ2v) is 8.68. The van der Waals surface area contributed by atoms with Gasteiger partial charge >= 0.3 is 0 Å². The molecular weight excluding hydrogens is 348 g/mol. The summed E-state index contributed by atoms with van der Waals surface area (Å²) >= 11 is 0. The van der Waals surface area contributed by atoms with Crippen LogP contribution < -0.4 is 10.0 Å². The molecule has 6 heteroatoms. The average molecular weight is 372 g/mol. The SMILES string of the molecule is C=CCNS(=O)(=O)c1ccc(C(=O)Nc2ccccc2C(C)(C)C)cc1. The summed E-state index contributed by atoms with van der Waals surface area (Å²) in [5.74, 6) is -0.287. The molecule has 0 radical (unpaired) electrons. The summed E-state index contributed by atoms with van der Waals surface area (Å²) in [6.45, 7) is 9.86. The van der Waals surface area contributed by atoms with Crippen LogP contribution in [0.3, 0.4) is 0 Å². The van der Waals surface area contributed by atoms with E-state index < -0.39 is 10.0 Å². The van der Waals surface area contributed by atoms with Gasteiger partial charge in [0.2, 0.25) is 10.0 Å². The van der Waals surface area contributed by atoms with Crippen LogP contribution in [0.4, 0.5) is 5.69 Å². The zero-order valence-electron chi connectivity index (χ0n) is 15.2. The fraction of sp³-hybridized carbons (Fsp3) is 0.250. The molecule has 26 heavy (non-hydrogen) atoms. The molecule has 0 aliphatic heterocycles. The molecule has 0 aromatic heterocycles. The average Bonchev–Trinajstić information content (AvgIpc) is 2.59. The Bertz CT molecular complexity index is 895. The minimum Gasteiger partial charge on any atom is -0.322 e. The number of sulfonamides is 1. The second kappa shape index (κ2) is 7.85. The van der Waals surface area contributed by atoms with Crippen LogP contribution in [-0.2, 0) is 15.4 Å². The highest BCUT2D eigenvalue weighted by Gasteiger charge is 2.19. The number of nitrogens with one attached hydrogen (secondary N) is 2. The van der Waals surface area contributed by atoms with E-state index >= 15 is 0 Å². The Morgan fingerprint density at radius 2 is 1.69 bits per heavy atom. The van der Waals surface area contributed by atoms with Crippen LogP contribution in [-0.4, -0.2) is 20.9 Å². The quantitative estimate of drug-likeness (QED) is 0.759. The minimum absolute atomic E-state index is 0.103. The Hall–Kier alpha value is -2.44. The molecular formula is C20H24N2O3S. The molecule has 0 bridgehead atoms. The van der Waals surface area contributed by atoms with Crippen molar-refractivity contribution in [2.45, 2.75) is 31.1 Å². The molecule has 0 saturated carbocycles. The van der Waals surface area contributed by atoms with Crippen LogP contribution in [0, 0.1) is 0 Å². The summed E-state index contributed by atoms with van der Waals surface area (Å²) in [5, 5.41) is 2.91. The van der Waals surface area contributed by atoms with Gasteiger partial charge in [0.15, 0.2) is 0 Å². The summed E-state index contributed by atoms with van der Waals surface area (Å²) in [6, 6.07) is 13.5. The molecule has 0 aliphatic carbocycles. The molecule has 1 amide bonds. The van der Waals surface area contributed by atoms with Gasteiger partial charge in [0.1, 0.15) is 0 Å². The molecule has 0 unspecified atom stereocenters. The molecule has 2 N–H and O–H groups in total. The van der Waals surface area contributed by atoms with Gasteiger partial charge in [-0.25, -0.2) is 13.1 Å². The Morgan fingerprint density at radius 3 is 2.27 bits per heavy atom. The van der Waals surface area contributed by atoms with Crippen molar-refractivity contribution in [3.05, 3.63) is 72.3 Å². The van der Waals surface area contributed by atoms with Gasteiger partial charge in [0.25, 0.3) is 5.91 Å². The van der Waals surface area contributed by atoms with E-state index in [0.717, 1.165) is 11.3 Å². The van der Waals surface area contributed by atoms with Gasteiger partial charge in [0, 0.05) is 17.8 Å². The van der Waals surface area contributed by atoms with Crippen molar-refractivity contribution in [1.29, 1.82) is 0 Å². The molecule has 0 spiro atoms. The van der Waals surface area contributed by atoms with Crippen molar-refractivity contribution in [2.24, 2.45) is 0 Å². The van der Waals surface area contributed by atoms with Crippen molar-refractivity contribution in [3.63, 3.8) is 0 Å². The summed E-state index contributed by atoms with van der Waals surface area (Å²) < 4.78 is 26.5. The number of para-hydroxylation sites is 1. The molecule has 5 nitrogen and oxygen atoms in total. The standard InChI is InChI=1S/C20H24N2O3S/c1-5-14-21-26(24,25)16-12-10-15(11-13-16)19(23)22-18-9-7-6-8-17(18)20(2,3)4/h5-13,21H,1,14H2,2-4H3,(H,22,23). The number of benzene rings is 2. The van der Waals surface area contributed by atoms with Crippen LogP contribution in [0.15, 0.2) is 66.1 Å². The monoisotopic (exact) mass is 372 g/mol. The Morgan fingerprint density at radius 1 is 1.08 bits per heavy atom. The Balaban J connectivity index is 2.21. The first kappa shape index (κ1) is 19.9. The van der Waals surface area contributed by atoms with Crippen molar-refractivity contribution in [1.82, 2.24) is 4.72 Å². The lowest BCUT2D eigenvalue weighted by Gasteiger charge is -2.23. The molecule has 0 atom stereocenters. The highest BCUT2D eigenvalue weighted by molar-refractivity contribution is 7.89. The van der Waals surface area contributed by atoms with Crippen LogP contribution in [0.1, 0.15) is 36.7 Å². The number of hydrogen-bond donors (Lipinski definition) is 2. The number of anilines is 1. The minimum atomic E-state index is -3.60. The Labute approximate surface area is 155 Å². The number of carbonyl (C=O) groups is 1. The normalized spacial score (nSPS) is 11.8. The van der Waals surface area contributed by atoms with Crippen LogP contribution in [0.5, 0.6) is 0 Å². The van der Waals surface area contributed by atoms with E-state index in [9.17, 15) is 13.2 Å². The van der Waals surface area contributed by atoms with Gasteiger partial charge in [-0.15, -0.1) is 6.58 Å². The second-order valence-electron chi connectivity index (χ2n) is 6.91. The summed E-state index contributed by atoms with van der Waals surface area (Å²) in [7, 11) is -3.60. The molecule has 138 valence electrons. The fourth-order valence-electron chi connectivity index (χ4n) is 2.48. The highest BCUT2D eigenvalue weighted by Crippen LogP contribution is 2.29. The van der Waals surface area contributed by atoms with E-state index in [1.54, 1.807) is 0 Å². The van der Waals surface area contributed by atoms with E-state index in [1.165, 1.54) is 30.3 Å². The molecule has 0 aliphatic rings.